The highest BCUT2D eigenvalue weighted by Crippen LogP contribution is 2.33. The van der Waals surface area contributed by atoms with E-state index in [-0.39, 0.29) is 17.9 Å². The molecule has 2 fully saturated rings. The van der Waals surface area contributed by atoms with E-state index in [2.05, 4.69) is 16.0 Å². The molecule has 1 heterocycles. The number of nitrogens with one attached hydrogen (secondary N) is 3. The SMILES string of the molecule is COC(C)C(=O)Nc1cccc(NC(=O)C2CC3CCCCC3N2)c1. The number of anilines is 2. The summed E-state index contributed by atoms with van der Waals surface area (Å²) in [6, 6.07) is 7.56. The molecule has 4 unspecified atom stereocenters. The summed E-state index contributed by atoms with van der Waals surface area (Å²) in [5.41, 5.74) is 1.32. The number of carbonyl (C=O) groups is 2. The zero-order valence-corrected chi connectivity index (χ0v) is 14.9. The van der Waals surface area contributed by atoms with Crippen LogP contribution in [0.25, 0.3) is 0 Å². The lowest BCUT2D eigenvalue weighted by atomic mass is 9.85. The maximum Gasteiger partial charge on any atom is 0.253 e. The summed E-state index contributed by atoms with van der Waals surface area (Å²) in [5, 5.41) is 9.24. The summed E-state index contributed by atoms with van der Waals surface area (Å²) in [7, 11) is 1.49. The van der Waals surface area contributed by atoms with E-state index in [9.17, 15) is 9.59 Å². The monoisotopic (exact) mass is 345 g/mol. The first-order valence-electron chi connectivity index (χ1n) is 9.07. The fourth-order valence-corrected chi connectivity index (χ4v) is 3.78. The number of hydrogen-bond donors (Lipinski definition) is 3. The van der Waals surface area contributed by atoms with Crippen molar-refractivity contribution in [3.63, 3.8) is 0 Å². The lowest BCUT2D eigenvalue weighted by Gasteiger charge is -2.24. The van der Waals surface area contributed by atoms with Crippen molar-refractivity contribution in [3.8, 4) is 0 Å². The van der Waals surface area contributed by atoms with Gasteiger partial charge in [0.15, 0.2) is 0 Å². The highest BCUT2D eigenvalue weighted by Gasteiger charge is 2.38. The second-order valence-corrected chi connectivity index (χ2v) is 7.04. The van der Waals surface area contributed by atoms with Crippen LogP contribution in [0.4, 0.5) is 11.4 Å². The molecule has 3 rings (SSSR count). The van der Waals surface area contributed by atoms with Crippen LogP contribution in [0, 0.1) is 5.92 Å². The van der Waals surface area contributed by atoms with Crippen molar-refractivity contribution in [2.75, 3.05) is 17.7 Å². The molecule has 1 saturated carbocycles. The summed E-state index contributed by atoms with van der Waals surface area (Å²) < 4.78 is 5.00. The molecule has 1 saturated heterocycles. The van der Waals surface area contributed by atoms with Crippen LogP contribution in [0.1, 0.15) is 39.0 Å². The van der Waals surface area contributed by atoms with Gasteiger partial charge in [-0.1, -0.05) is 18.9 Å². The molecule has 136 valence electrons. The smallest absolute Gasteiger partial charge is 0.253 e. The fraction of sp³-hybridized carbons (Fsp3) is 0.579. The van der Waals surface area contributed by atoms with Gasteiger partial charge in [-0.3, -0.25) is 9.59 Å². The Bertz CT molecular complexity index is 620. The van der Waals surface area contributed by atoms with Gasteiger partial charge in [0.2, 0.25) is 5.91 Å². The van der Waals surface area contributed by atoms with Gasteiger partial charge in [-0.15, -0.1) is 0 Å². The van der Waals surface area contributed by atoms with Gasteiger partial charge in [0, 0.05) is 24.5 Å². The van der Waals surface area contributed by atoms with Crippen LogP contribution >= 0.6 is 0 Å². The molecule has 1 aromatic carbocycles. The summed E-state index contributed by atoms with van der Waals surface area (Å²) >= 11 is 0. The number of hydrogen-bond acceptors (Lipinski definition) is 4. The van der Waals surface area contributed by atoms with Crippen molar-refractivity contribution >= 4 is 23.2 Å². The van der Waals surface area contributed by atoms with Crippen molar-refractivity contribution in [1.82, 2.24) is 5.32 Å². The van der Waals surface area contributed by atoms with E-state index in [1.807, 2.05) is 12.1 Å². The molecule has 0 radical (unpaired) electrons. The number of methoxy groups -OCH3 is 1. The van der Waals surface area contributed by atoms with Crippen LogP contribution in [0.15, 0.2) is 24.3 Å². The van der Waals surface area contributed by atoms with Crippen molar-refractivity contribution in [2.45, 2.75) is 57.2 Å². The number of ether oxygens (including phenoxy) is 1. The number of benzene rings is 1. The summed E-state index contributed by atoms with van der Waals surface area (Å²) in [6.45, 7) is 1.69. The molecule has 0 spiro atoms. The standard InChI is InChI=1S/C19H27N3O3/c1-12(25-2)18(23)20-14-7-5-8-15(11-14)21-19(24)17-10-13-6-3-4-9-16(13)22-17/h5,7-8,11-13,16-17,22H,3-4,6,9-10H2,1-2H3,(H,20,23)(H,21,24). The van der Waals surface area contributed by atoms with Crippen molar-refractivity contribution in [3.05, 3.63) is 24.3 Å². The lowest BCUT2D eigenvalue weighted by Crippen LogP contribution is -2.39. The average Bonchev–Trinajstić information content (AvgIpc) is 3.05. The predicted octanol–water partition coefficient (Wildman–Crippen LogP) is 2.52. The minimum atomic E-state index is -0.524. The van der Waals surface area contributed by atoms with Crippen molar-refractivity contribution < 1.29 is 14.3 Å². The van der Waals surface area contributed by atoms with E-state index in [0.717, 1.165) is 6.42 Å². The Kier molecular flexibility index (Phi) is 5.71. The largest absolute Gasteiger partial charge is 0.372 e. The second kappa shape index (κ2) is 7.97. The first kappa shape index (κ1) is 17.9. The summed E-state index contributed by atoms with van der Waals surface area (Å²) in [4.78, 5) is 24.5. The van der Waals surface area contributed by atoms with Gasteiger partial charge < -0.3 is 20.7 Å². The topological polar surface area (TPSA) is 79.5 Å². The summed E-state index contributed by atoms with van der Waals surface area (Å²) in [5.74, 6) is 0.418. The first-order valence-corrected chi connectivity index (χ1v) is 9.07. The van der Waals surface area contributed by atoms with Gasteiger partial charge in [0.1, 0.15) is 6.10 Å². The van der Waals surface area contributed by atoms with E-state index < -0.39 is 6.10 Å². The minimum Gasteiger partial charge on any atom is -0.372 e. The highest BCUT2D eigenvalue weighted by atomic mass is 16.5. The van der Waals surface area contributed by atoms with Crippen LogP contribution in [0.2, 0.25) is 0 Å². The maximum atomic E-state index is 12.6. The van der Waals surface area contributed by atoms with Crippen LogP contribution in [-0.4, -0.2) is 37.1 Å². The van der Waals surface area contributed by atoms with Gasteiger partial charge in [0.25, 0.3) is 5.91 Å². The van der Waals surface area contributed by atoms with E-state index >= 15 is 0 Å². The van der Waals surface area contributed by atoms with Gasteiger partial charge >= 0.3 is 0 Å². The Morgan fingerprint density at radius 2 is 1.92 bits per heavy atom. The molecule has 4 atom stereocenters. The van der Waals surface area contributed by atoms with Crippen molar-refractivity contribution in [2.24, 2.45) is 5.92 Å². The van der Waals surface area contributed by atoms with E-state index in [4.69, 9.17) is 4.74 Å². The molecule has 6 nitrogen and oxygen atoms in total. The van der Waals surface area contributed by atoms with Gasteiger partial charge in [0.05, 0.1) is 6.04 Å². The zero-order chi connectivity index (χ0) is 17.8. The molecule has 1 aliphatic heterocycles. The molecular formula is C19H27N3O3. The highest BCUT2D eigenvalue weighted by molar-refractivity contribution is 5.97. The normalized spacial score (nSPS) is 26.6. The second-order valence-electron chi connectivity index (χ2n) is 7.04. The predicted molar refractivity (Wildman–Crippen MR) is 97.5 cm³/mol. The van der Waals surface area contributed by atoms with Crippen LogP contribution < -0.4 is 16.0 Å². The molecule has 25 heavy (non-hydrogen) atoms. The molecule has 2 amide bonds. The van der Waals surface area contributed by atoms with Crippen molar-refractivity contribution in [1.29, 1.82) is 0 Å². The Balaban J connectivity index is 1.58. The summed E-state index contributed by atoms with van der Waals surface area (Å²) in [6.07, 6.45) is 5.32. The van der Waals surface area contributed by atoms with Gasteiger partial charge in [-0.2, -0.15) is 0 Å². The third-order valence-corrected chi connectivity index (χ3v) is 5.30. The van der Waals surface area contributed by atoms with E-state index in [0.29, 0.717) is 23.3 Å². The molecule has 1 aliphatic carbocycles. The molecule has 1 aromatic rings. The van der Waals surface area contributed by atoms with Gasteiger partial charge in [-0.25, -0.2) is 0 Å². The molecule has 3 N–H and O–H groups in total. The van der Waals surface area contributed by atoms with Crippen LogP contribution in [0.3, 0.4) is 0 Å². The molecule has 6 heteroatoms. The minimum absolute atomic E-state index is 0.00290. The Morgan fingerprint density at radius 3 is 2.64 bits per heavy atom. The maximum absolute atomic E-state index is 12.6. The first-order chi connectivity index (χ1) is 12.1. The fourth-order valence-electron chi connectivity index (χ4n) is 3.78. The average molecular weight is 345 g/mol. The number of fused-ring (bicyclic) bond motifs is 1. The number of amides is 2. The van der Waals surface area contributed by atoms with E-state index in [1.54, 1.807) is 19.1 Å². The van der Waals surface area contributed by atoms with E-state index in [1.165, 1.54) is 32.8 Å². The quantitative estimate of drug-likeness (QED) is 0.766. The Hall–Kier alpha value is -1.92. The molecule has 0 bridgehead atoms. The zero-order valence-electron chi connectivity index (χ0n) is 14.9. The molecule has 0 aromatic heterocycles. The van der Waals surface area contributed by atoms with Gasteiger partial charge in [-0.05, 0) is 50.3 Å². The third-order valence-electron chi connectivity index (χ3n) is 5.30. The van der Waals surface area contributed by atoms with Crippen LogP contribution in [-0.2, 0) is 14.3 Å². The third kappa shape index (κ3) is 4.38. The Labute approximate surface area is 148 Å². The lowest BCUT2D eigenvalue weighted by molar-refractivity contribution is -0.124. The van der Waals surface area contributed by atoms with Crippen LogP contribution in [0.5, 0.6) is 0 Å². The Morgan fingerprint density at radius 1 is 1.20 bits per heavy atom. The molecule has 2 aliphatic rings. The number of rotatable bonds is 5. The number of carbonyl (C=O) groups excluding carboxylic acids is 2. The molecular weight excluding hydrogens is 318 g/mol.